The molecule has 0 N–H and O–H groups in total. The molecule has 286 valence electrons. The topological polar surface area (TPSA) is 3.24 Å². The Labute approximate surface area is 368 Å². The van der Waals surface area contributed by atoms with Crippen LogP contribution in [0.15, 0.2) is 249 Å². The number of hydrogen-bond donors (Lipinski definition) is 0. The molecule has 0 bridgehead atoms. The van der Waals surface area contributed by atoms with Gasteiger partial charge in [0.05, 0.1) is 11.0 Å². The van der Waals surface area contributed by atoms with E-state index in [1.165, 1.54) is 4.90 Å². The van der Waals surface area contributed by atoms with E-state index in [9.17, 15) is 11.0 Å². The lowest BCUT2D eigenvalue weighted by Gasteiger charge is -2.26. The summed E-state index contributed by atoms with van der Waals surface area (Å²) in [6.07, 6.45) is 0. The Bertz CT molecular complexity index is 3760. The Morgan fingerprint density at radius 2 is 0.689 bits per heavy atom. The van der Waals surface area contributed by atoms with E-state index in [-0.39, 0.29) is 46.7 Å². The van der Waals surface area contributed by atoms with Crippen molar-refractivity contribution < 1.29 is 11.0 Å². The summed E-state index contributed by atoms with van der Waals surface area (Å²) in [6, 6.07) is 61.8. The summed E-state index contributed by atoms with van der Waals surface area (Å²) in [7, 11) is 0. The van der Waals surface area contributed by atoms with E-state index in [0.29, 0.717) is 16.8 Å². The second-order valence-electron chi connectivity index (χ2n) is 15.1. The average molecular weight is 784 g/mol. The third kappa shape index (κ3) is 7.03. The minimum absolute atomic E-state index is 0.102. The zero-order valence-corrected chi connectivity index (χ0v) is 33.0. The fourth-order valence-electron chi connectivity index (χ4n) is 8.25. The van der Waals surface area contributed by atoms with Gasteiger partial charge in [-0.2, -0.15) is 0 Å². The quantitative estimate of drug-likeness (QED) is 0.148. The first-order chi connectivity index (χ1) is 33.6. The maximum absolute atomic E-state index is 9.76. The third-order valence-electron chi connectivity index (χ3n) is 11.4. The van der Waals surface area contributed by atoms with Crippen LogP contribution in [-0.4, -0.2) is 0 Å². The molecular formula is C60H41N. The van der Waals surface area contributed by atoms with Crippen LogP contribution in [0.3, 0.4) is 0 Å². The van der Waals surface area contributed by atoms with E-state index in [1.54, 1.807) is 24.3 Å². The predicted molar refractivity (Wildman–Crippen MR) is 261 cm³/mol. The van der Waals surface area contributed by atoms with Gasteiger partial charge in [-0.05, 0) is 136 Å². The lowest BCUT2D eigenvalue weighted by molar-refractivity contribution is 1.28. The number of nitrogens with zero attached hydrogens (tertiary/aromatic N) is 1. The Kier molecular flexibility index (Phi) is 7.29. The largest absolute Gasteiger partial charge is 0.311 e. The Morgan fingerprint density at radius 1 is 0.262 bits per heavy atom. The van der Waals surface area contributed by atoms with Crippen molar-refractivity contribution >= 4 is 49.4 Å². The highest BCUT2D eigenvalue weighted by atomic mass is 15.1. The Morgan fingerprint density at radius 3 is 1.26 bits per heavy atom. The Balaban J connectivity index is 1.09. The van der Waals surface area contributed by atoms with E-state index >= 15 is 0 Å². The highest BCUT2D eigenvalue weighted by Crippen LogP contribution is 2.41. The second kappa shape index (κ2) is 15.6. The van der Waals surface area contributed by atoms with Gasteiger partial charge in [-0.25, -0.2) is 0 Å². The number of rotatable bonds is 8. The van der Waals surface area contributed by atoms with Crippen LogP contribution in [-0.2, 0) is 0 Å². The molecule has 0 heterocycles. The van der Waals surface area contributed by atoms with Gasteiger partial charge in [0, 0.05) is 17.1 Å². The van der Waals surface area contributed by atoms with Crippen molar-refractivity contribution in [3.63, 3.8) is 0 Å². The van der Waals surface area contributed by atoms with Gasteiger partial charge in [-0.15, -0.1) is 0 Å². The Hall–Kier alpha value is -8.00. The van der Waals surface area contributed by atoms with Crippen molar-refractivity contribution in [1.29, 1.82) is 0 Å². The summed E-state index contributed by atoms with van der Waals surface area (Å²) >= 11 is 0. The summed E-state index contributed by atoms with van der Waals surface area (Å²) in [5.41, 5.74) is 6.51. The summed E-state index contributed by atoms with van der Waals surface area (Å²) in [4.78, 5) is 1.36. The van der Waals surface area contributed by atoms with Crippen LogP contribution in [0.25, 0.3) is 88.0 Å². The molecule has 11 aromatic carbocycles. The predicted octanol–water partition coefficient (Wildman–Crippen LogP) is 17.0. The van der Waals surface area contributed by atoms with Crippen LogP contribution >= 0.6 is 0 Å². The minimum Gasteiger partial charge on any atom is -0.311 e. The monoisotopic (exact) mass is 783 g/mol. The first-order valence-electron chi connectivity index (χ1n) is 24.3. The first kappa shape index (κ1) is 28.4. The smallest absolute Gasteiger partial charge is 0.0645 e. The molecule has 0 spiro atoms. The van der Waals surface area contributed by atoms with Crippen molar-refractivity contribution in [3.05, 3.63) is 249 Å². The molecule has 0 radical (unpaired) electrons. The minimum atomic E-state index is -0.401. The van der Waals surface area contributed by atoms with Gasteiger partial charge in [-0.1, -0.05) is 200 Å². The first-order valence-corrected chi connectivity index (χ1v) is 20.3. The third-order valence-corrected chi connectivity index (χ3v) is 11.4. The molecular weight excluding hydrogens is 735 g/mol. The average Bonchev–Trinajstić information content (AvgIpc) is 3.39. The molecule has 1 nitrogen and oxygen atoms in total. The van der Waals surface area contributed by atoms with Crippen LogP contribution in [0, 0.1) is 0 Å². The van der Waals surface area contributed by atoms with E-state index < -0.39 is 24.2 Å². The molecule has 0 aromatic heterocycles. The normalized spacial score (nSPS) is 13.1. The van der Waals surface area contributed by atoms with Crippen LogP contribution in [0.4, 0.5) is 17.1 Å². The summed E-state index contributed by atoms with van der Waals surface area (Å²) in [5, 5.41) is 6.24. The molecule has 0 amide bonds. The van der Waals surface area contributed by atoms with Crippen LogP contribution < -0.4 is 4.90 Å². The molecule has 11 aromatic rings. The highest BCUT2D eigenvalue weighted by Gasteiger charge is 2.16. The van der Waals surface area contributed by atoms with Crippen LogP contribution in [0.1, 0.15) is 11.0 Å². The summed E-state index contributed by atoms with van der Waals surface area (Å²) in [5.74, 6) is 0. The number of benzene rings is 11. The fraction of sp³-hybridized carbons (Fsp3) is 0. The van der Waals surface area contributed by atoms with E-state index in [1.807, 2.05) is 133 Å². The highest BCUT2D eigenvalue weighted by molar-refractivity contribution is 6.04. The number of fused-ring (bicyclic) bond motifs is 3. The van der Waals surface area contributed by atoms with Crippen molar-refractivity contribution in [2.24, 2.45) is 0 Å². The molecule has 0 saturated carbocycles. The summed E-state index contributed by atoms with van der Waals surface area (Å²) < 4.78 is 77.1. The zero-order chi connectivity index (χ0) is 47.5. The lowest BCUT2D eigenvalue weighted by atomic mass is 9.90. The number of hydrogen-bond acceptors (Lipinski definition) is 1. The van der Waals surface area contributed by atoms with Crippen LogP contribution in [0.2, 0.25) is 0 Å². The van der Waals surface area contributed by atoms with Crippen LogP contribution in [0.5, 0.6) is 0 Å². The SMILES string of the molecule is [2H]c1c([2H])c(N(c2ccc(-c3ccc4ccccc4c3)cc2)c2c([2H])c([2H])c(-c3ccc4ccccc4c3-c3ccccc3)c([2H])c2[2H])c([2H])c([2H])c1-c1ccc(-c2ccc3ccccc3c2)cc1. The molecule has 0 aliphatic rings. The van der Waals surface area contributed by atoms with Crippen molar-refractivity contribution in [1.82, 2.24) is 0 Å². The zero-order valence-electron chi connectivity index (χ0n) is 41.0. The van der Waals surface area contributed by atoms with E-state index in [4.69, 9.17) is 0 Å². The maximum atomic E-state index is 9.76. The molecule has 0 fully saturated rings. The standard InChI is InChI=1S/C60H41N/c1-2-13-50(14-3-1)60-58-17-9-8-12-48(58)32-39-59(60)49-30-37-57(38-31-49)61(56-35-28-47(29-36-56)54-25-23-43-11-5-7-16-52(43)41-54)55-33-26-45(27-34-55)44-18-20-46(21-19-44)53-24-22-42-10-4-6-15-51(42)40-53/h1-41H/i26D,27D,30D,31D,33D,34D,37D,38D. The van der Waals surface area contributed by atoms with Gasteiger partial charge in [-0.3, -0.25) is 0 Å². The van der Waals surface area contributed by atoms with Gasteiger partial charge >= 0.3 is 0 Å². The molecule has 1 heteroatoms. The molecule has 0 atom stereocenters. The van der Waals surface area contributed by atoms with Gasteiger partial charge in [0.2, 0.25) is 0 Å². The van der Waals surface area contributed by atoms with Gasteiger partial charge < -0.3 is 4.90 Å². The summed E-state index contributed by atoms with van der Waals surface area (Å²) in [6.45, 7) is 0. The van der Waals surface area contributed by atoms with Crippen molar-refractivity contribution in [3.8, 4) is 55.6 Å². The molecule has 11 rings (SSSR count). The number of anilines is 3. The fourth-order valence-corrected chi connectivity index (χ4v) is 8.25. The van der Waals surface area contributed by atoms with Crippen molar-refractivity contribution in [2.45, 2.75) is 0 Å². The van der Waals surface area contributed by atoms with Gasteiger partial charge in [0.25, 0.3) is 0 Å². The van der Waals surface area contributed by atoms with E-state index in [2.05, 4.69) is 42.5 Å². The van der Waals surface area contributed by atoms with Gasteiger partial charge in [0.1, 0.15) is 0 Å². The van der Waals surface area contributed by atoms with E-state index in [0.717, 1.165) is 65.7 Å². The molecule has 61 heavy (non-hydrogen) atoms. The molecule has 0 aliphatic carbocycles. The maximum Gasteiger partial charge on any atom is 0.0645 e. The molecule has 0 saturated heterocycles. The lowest BCUT2D eigenvalue weighted by Crippen LogP contribution is -2.09. The van der Waals surface area contributed by atoms with Gasteiger partial charge in [0.15, 0.2) is 0 Å². The second-order valence-corrected chi connectivity index (χ2v) is 15.1. The molecule has 0 aliphatic heterocycles. The molecule has 0 unspecified atom stereocenters. The van der Waals surface area contributed by atoms with Crippen molar-refractivity contribution in [2.75, 3.05) is 4.90 Å².